The second-order valence-electron chi connectivity index (χ2n) is 11.4. The lowest BCUT2D eigenvalue weighted by Gasteiger charge is -2.12. The monoisotopic (exact) mass is 590 g/mol. The van der Waals surface area contributed by atoms with Crippen LogP contribution in [0.1, 0.15) is 0 Å². The van der Waals surface area contributed by atoms with Crippen molar-refractivity contribution < 1.29 is 8.83 Å². The van der Waals surface area contributed by atoms with Gasteiger partial charge < -0.3 is 8.83 Å². The topological polar surface area (TPSA) is 77.8 Å². The van der Waals surface area contributed by atoms with Crippen LogP contribution in [0.25, 0.3) is 99.7 Å². The molecule has 0 amide bonds. The van der Waals surface area contributed by atoms with E-state index in [4.69, 9.17) is 23.8 Å². The predicted molar refractivity (Wildman–Crippen MR) is 183 cm³/mol. The molecule has 0 radical (unpaired) electrons. The summed E-state index contributed by atoms with van der Waals surface area (Å²) < 4.78 is 12.6. The molecule has 4 aromatic heterocycles. The summed E-state index contributed by atoms with van der Waals surface area (Å²) in [6.45, 7) is 0. The maximum Gasteiger partial charge on any atom is 0.164 e. The van der Waals surface area contributed by atoms with E-state index in [9.17, 15) is 0 Å². The molecule has 0 aliphatic rings. The SMILES string of the molecule is c1ccc2cc(-c3nc(-c4cc5oc6cccnc6c5c5ccccc45)nc(-c4cccc5oc6ccccc6c45)n3)ccc2c1. The Bertz CT molecular complexity index is 2830. The first kappa shape index (κ1) is 25.0. The maximum absolute atomic E-state index is 6.35. The molecular formula is C40H22N4O2. The van der Waals surface area contributed by atoms with Crippen molar-refractivity contribution in [1.82, 2.24) is 19.9 Å². The average molecular weight is 591 g/mol. The molecule has 6 nitrogen and oxygen atoms in total. The number of rotatable bonds is 3. The smallest absolute Gasteiger partial charge is 0.164 e. The van der Waals surface area contributed by atoms with E-state index in [-0.39, 0.29) is 0 Å². The molecule has 4 heterocycles. The Kier molecular flexibility index (Phi) is 5.19. The van der Waals surface area contributed by atoms with Crippen LogP contribution in [0, 0.1) is 0 Å². The van der Waals surface area contributed by atoms with E-state index >= 15 is 0 Å². The van der Waals surface area contributed by atoms with Gasteiger partial charge in [-0.3, -0.25) is 4.98 Å². The van der Waals surface area contributed by atoms with Gasteiger partial charge in [-0.15, -0.1) is 0 Å². The van der Waals surface area contributed by atoms with Crippen LogP contribution >= 0.6 is 0 Å². The number of hydrogen-bond donors (Lipinski definition) is 0. The van der Waals surface area contributed by atoms with Crippen LogP contribution in [-0.4, -0.2) is 19.9 Å². The van der Waals surface area contributed by atoms with E-state index in [2.05, 4.69) is 59.6 Å². The van der Waals surface area contributed by atoms with Crippen molar-refractivity contribution in [1.29, 1.82) is 0 Å². The van der Waals surface area contributed by atoms with Gasteiger partial charge in [0, 0.05) is 33.7 Å². The maximum atomic E-state index is 6.35. The summed E-state index contributed by atoms with van der Waals surface area (Å²) in [6.07, 6.45) is 1.80. The van der Waals surface area contributed by atoms with E-state index in [0.717, 1.165) is 82.2 Å². The molecule has 0 bridgehead atoms. The lowest BCUT2D eigenvalue weighted by Crippen LogP contribution is -2.01. The third-order valence-corrected chi connectivity index (χ3v) is 8.76. The quantitative estimate of drug-likeness (QED) is 0.204. The second-order valence-corrected chi connectivity index (χ2v) is 11.4. The van der Waals surface area contributed by atoms with Crippen molar-refractivity contribution in [3.63, 3.8) is 0 Å². The van der Waals surface area contributed by atoms with Crippen LogP contribution in [0.3, 0.4) is 0 Å². The van der Waals surface area contributed by atoms with Gasteiger partial charge in [-0.2, -0.15) is 0 Å². The van der Waals surface area contributed by atoms with Gasteiger partial charge in [-0.25, -0.2) is 15.0 Å². The number of para-hydroxylation sites is 1. The Hall–Kier alpha value is -6.40. The third kappa shape index (κ3) is 3.70. The number of nitrogens with zero attached hydrogens (tertiary/aromatic N) is 4. The lowest BCUT2D eigenvalue weighted by molar-refractivity contribution is 0.668. The first-order valence-electron chi connectivity index (χ1n) is 15.1. The van der Waals surface area contributed by atoms with E-state index in [1.165, 1.54) is 0 Å². The number of hydrogen-bond acceptors (Lipinski definition) is 6. The normalized spacial score (nSPS) is 11.9. The molecule has 10 rings (SSSR count). The third-order valence-electron chi connectivity index (χ3n) is 8.76. The van der Waals surface area contributed by atoms with Gasteiger partial charge in [0.1, 0.15) is 22.3 Å². The molecule has 10 aromatic rings. The van der Waals surface area contributed by atoms with Crippen molar-refractivity contribution in [2.45, 2.75) is 0 Å². The number of aromatic nitrogens is 4. The molecular weight excluding hydrogens is 568 g/mol. The van der Waals surface area contributed by atoms with Gasteiger partial charge >= 0.3 is 0 Å². The molecule has 0 unspecified atom stereocenters. The summed E-state index contributed by atoms with van der Waals surface area (Å²) >= 11 is 0. The van der Waals surface area contributed by atoms with Crippen molar-refractivity contribution >= 4 is 65.6 Å². The largest absolute Gasteiger partial charge is 0.456 e. The van der Waals surface area contributed by atoms with Crippen LogP contribution in [0.2, 0.25) is 0 Å². The Morgan fingerprint density at radius 3 is 2.02 bits per heavy atom. The Morgan fingerprint density at radius 2 is 1.11 bits per heavy atom. The zero-order chi connectivity index (χ0) is 30.2. The van der Waals surface area contributed by atoms with E-state index in [0.29, 0.717) is 17.5 Å². The predicted octanol–water partition coefficient (Wildman–Crippen LogP) is 10.4. The van der Waals surface area contributed by atoms with Crippen molar-refractivity contribution in [3.8, 4) is 34.2 Å². The van der Waals surface area contributed by atoms with Crippen LogP contribution in [0.4, 0.5) is 0 Å². The first-order chi connectivity index (χ1) is 22.8. The van der Waals surface area contributed by atoms with Gasteiger partial charge in [0.15, 0.2) is 23.1 Å². The number of pyridine rings is 1. The zero-order valence-corrected chi connectivity index (χ0v) is 24.3. The highest BCUT2D eigenvalue weighted by atomic mass is 16.3. The number of benzene rings is 6. The van der Waals surface area contributed by atoms with Crippen molar-refractivity contribution in [3.05, 3.63) is 134 Å². The number of furan rings is 2. The molecule has 6 aromatic carbocycles. The van der Waals surface area contributed by atoms with E-state index < -0.39 is 0 Å². The summed E-state index contributed by atoms with van der Waals surface area (Å²) in [5.74, 6) is 1.72. The molecule has 0 spiro atoms. The molecule has 214 valence electrons. The molecule has 0 saturated carbocycles. The van der Waals surface area contributed by atoms with Gasteiger partial charge in [-0.05, 0) is 57.9 Å². The molecule has 0 aliphatic carbocycles. The average Bonchev–Trinajstić information content (AvgIpc) is 3.69. The van der Waals surface area contributed by atoms with Gasteiger partial charge in [-0.1, -0.05) is 91.0 Å². The fourth-order valence-electron chi connectivity index (χ4n) is 6.67. The summed E-state index contributed by atoms with van der Waals surface area (Å²) in [6, 6.07) is 42.9. The fourth-order valence-corrected chi connectivity index (χ4v) is 6.67. The van der Waals surface area contributed by atoms with Gasteiger partial charge in [0.25, 0.3) is 0 Å². The summed E-state index contributed by atoms with van der Waals surface area (Å²) in [4.78, 5) is 20.1. The first-order valence-corrected chi connectivity index (χ1v) is 15.1. The molecule has 46 heavy (non-hydrogen) atoms. The van der Waals surface area contributed by atoms with Crippen molar-refractivity contribution in [2.24, 2.45) is 0 Å². The van der Waals surface area contributed by atoms with Crippen LogP contribution in [-0.2, 0) is 0 Å². The van der Waals surface area contributed by atoms with Gasteiger partial charge in [0.2, 0.25) is 0 Å². The summed E-state index contributed by atoms with van der Waals surface area (Å²) in [7, 11) is 0. The van der Waals surface area contributed by atoms with Crippen molar-refractivity contribution in [2.75, 3.05) is 0 Å². The highest BCUT2D eigenvalue weighted by Crippen LogP contribution is 2.40. The van der Waals surface area contributed by atoms with E-state index in [1.807, 2.05) is 72.8 Å². The Morgan fingerprint density at radius 1 is 0.413 bits per heavy atom. The minimum atomic E-state index is 0.560. The summed E-state index contributed by atoms with van der Waals surface area (Å²) in [5.41, 5.74) is 6.58. The molecule has 6 heteroatoms. The second kappa shape index (κ2) is 9.55. The molecule has 0 N–H and O–H groups in total. The van der Waals surface area contributed by atoms with Crippen LogP contribution in [0.5, 0.6) is 0 Å². The number of fused-ring (bicyclic) bond motifs is 9. The minimum absolute atomic E-state index is 0.560. The van der Waals surface area contributed by atoms with Crippen LogP contribution < -0.4 is 0 Å². The highest BCUT2D eigenvalue weighted by Gasteiger charge is 2.21. The minimum Gasteiger partial charge on any atom is -0.456 e. The van der Waals surface area contributed by atoms with E-state index in [1.54, 1.807) is 6.20 Å². The Labute approximate surface area is 261 Å². The Balaban J connectivity index is 1.30. The zero-order valence-electron chi connectivity index (χ0n) is 24.3. The molecule has 0 atom stereocenters. The van der Waals surface area contributed by atoms with Crippen LogP contribution in [0.15, 0.2) is 142 Å². The highest BCUT2D eigenvalue weighted by molar-refractivity contribution is 6.20. The standard InChI is InChI=1S/C40H22N4O2/c1-2-10-24-21-25(19-18-23(24)9-1)38-42-39(29-14-7-16-32-35(29)28-13-5-6-15-31(28)45-32)44-40(43-38)30-22-34-36(27-12-4-3-11-26(27)30)37-33(46-34)17-8-20-41-37/h1-22H. The molecule has 0 aliphatic heterocycles. The molecule has 0 fully saturated rings. The summed E-state index contributed by atoms with van der Waals surface area (Å²) in [5, 5.41) is 7.29. The van der Waals surface area contributed by atoms with Gasteiger partial charge in [0.05, 0.1) is 5.39 Å². The lowest BCUT2D eigenvalue weighted by atomic mass is 9.99. The fraction of sp³-hybridized carbons (Fsp3) is 0. The molecule has 0 saturated heterocycles.